The highest BCUT2D eigenvalue weighted by molar-refractivity contribution is 6.55. The predicted molar refractivity (Wildman–Crippen MR) is 110 cm³/mol. The number of rotatable bonds is 3. The number of pyridine rings is 1. The molecule has 0 unspecified atom stereocenters. The molecule has 29 heavy (non-hydrogen) atoms. The normalized spacial score (nSPS) is 14.4. The summed E-state index contributed by atoms with van der Waals surface area (Å²) >= 11 is 0. The van der Waals surface area contributed by atoms with Gasteiger partial charge in [0, 0.05) is 24.8 Å². The Morgan fingerprint density at radius 1 is 1.14 bits per heavy atom. The average Bonchev–Trinajstić information content (AvgIpc) is 3.12. The summed E-state index contributed by atoms with van der Waals surface area (Å²) in [7, 11) is 1.37. The van der Waals surface area contributed by atoms with E-state index in [1.807, 2.05) is 24.3 Å². The number of hydrogen-bond donors (Lipinski definition) is 0. The van der Waals surface area contributed by atoms with E-state index < -0.39 is 0 Å². The van der Waals surface area contributed by atoms with Gasteiger partial charge in [-0.15, -0.1) is 0 Å². The van der Waals surface area contributed by atoms with E-state index in [1.54, 1.807) is 18.3 Å². The molecule has 0 spiro atoms. The van der Waals surface area contributed by atoms with Crippen LogP contribution in [0.4, 0.5) is 10.6 Å². The highest BCUT2D eigenvalue weighted by Gasteiger charge is 2.23. The van der Waals surface area contributed by atoms with Crippen LogP contribution in [0.15, 0.2) is 47.0 Å². The fourth-order valence-electron chi connectivity index (χ4n) is 3.45. The maximum Gasteiger partial charge on any atom is 0.248 e. The minimum absolute atomic E-state index is 0.376. The highest BCUT2D eigenvalue weighted by Crippen LogP contribution is 2.34. The number of anilines is 1. The molecule has 5 rings (SSSR count). The lowest BCUT2D eigenvalue weighted by atomic mass is 10.1. The van der Waals surface area contributed by atoms with Crippen molar-refractivity contribution in [2.24, 2.45) is 0 Å². The highest BCUT2D eigenvalue weighted by atomic mass is 16.5. The van der Waals surface area contributed by atoms with Gasteiger partial charge in [0.15, 0.2) is 17.2 Å². The first kappa shape index (κ1) is 17.6. The van der Waals surface area contributed by atoms with E-state index >= 15 is 0 Å². The zero-order valence-corrected chi connectivity index (χ0v) is 15.8. The quantitative estimate of drug-likeness (QED) is 0.495. The first-order chi connectivity index (χ1) is 14.2. The summed E-state index contributed by atoms with van der Waals surface area (Å²) < 4.78 is 16.7. The van der Waals surface area contributed by atoms with E-state index in [2.05, 4.69) is 9.88 Å². The van der Waals surface area contributed by atoms with Gasteiger partial charge in [0.2, 0.25) is 19.4 Å². The largest absolute Gasteiger partial charge is 0.435 e. The molecule has 0 amide bonds. The second-order valence-electron chi connectivity index (χ2n) is 6.73. The van der Waals surface area contributed by atoms with Crippen molar-refractivity contribution in [3.63, 3.8) is 0 Å². The Morgan fingerprint density at radius 2 is 2.00 bits per heavy atom. The van der Waals surface area contributed by atoms with Crippen LogP contribution in [0.5, 0.6) is 5.75 Å². The molecule has 9 heteroatoms. The molecule has 1 saturated heterocycles. The van der Waals surface area contributed by atoms with Crippen LogP contribution in [-0.4, -0.2) is 55.0 Å². The molecule has 0 atom stereocenters. The lowest BCUT2D eigenvalue weighted by Gasteiger charge is -2.27. The SMILES string of the molecule is BC(=O)Oc1cccc(-c2nc(N3CCOCC3)c3oc4ncccc4c3n2)c1. The minimum atomic E-state index is -0.376. The maximum atomic E-state index is 11.3. The number of fused-ring (bicyclic) bond motifs is 3. The van der Waals surface area contributed by atoms with Crippen LogP contribution < -0.4 is 9.64 Å². The number of ether oxygens (including phenoxy) is 2. The first-order valence-electron chi connectivity index (χ1n) is 9.36. The third-order valence-electron chi connectivity index (χ3n) is 4.74. The van der Waals surface area contributed by atoms with Crippen LogP contribution in [0.1, 0.15) is 0 Å². The van der Waals surface area contributed by atoms with Gasteiger partial charge in [-0.05, 0) is 24.3 Å². The number of nitrogens with zero attached hydrogens (tertiary/aromatic N) is 4. The van der Waals surface area contributed by atoms with E-state index in [-0.39, 0.29) is 5.87 Å². The number of carbonyl (C=O) groups excluding carboxylic acids is 1. The molecule has 0 saturated carbocycles. The van der Waals surface area contributed by atoms with Crippen molar-refractivity contribution in [3.8, 4) is 17.1 Å². The summed E-state index contributed by atoms with van der Waals surface area (Å²) in [6, 6.07) is 11.0. The van der Waals surface area contributed by atoms with Gasteiger partial charge in [0.05, 0.1) is 18.6 Å². The van der Waals surface area contributed by atoms with Crippen LogP contribution in [0, 0.1) is 0 Å². The molecule has 4 heterocycles. The molecule has 3 aromatic heterocycles. The predicted octanol–water partition coefficient (Wildman–Crippen LogP) is 2.41. The van der Waals surface area contributed by atoms with E-state index in [0.717, 1.165) is 10.9 Å². The fourth-order valence-corrected chi connectivity index (χ4v) is 3.45. The van der Waals surface area contributed by atoms with E-state index in [0.29, 0.717) is 60.5 Å². The Morgan fingerprint density at radius 3 is 2.83 bits per heavy atom. The lowest BCUT2D eigenvalue weighted by Crippen LogP contribution is -2.37. The minimum Gasteiger partial charge on any atom is -0.435 e. The van der Waals surface area contributed by atoms with Gasteiger partial charge >= 0.3 is 0 Å². The number of carbonyl (C=O) groups is 1. The molecule has 1 aliphatic rings. The first-order valence-corrected chi connectivity index (χ1v) is 9.36. The number of benzene rings is 1. The summed E-state index contributed by atoms with van der Waals surface area (Å²) in [5.74, 6) is 1.31. The Labute approximate surface area is 166 Å². The molecular formula is C20H17BN4O4. The maximum absolute atomic E-state index is 11.3. The summed E-state index contributed by atoms with van der Waals surface area (Å²) in [5.41, 5.74) is 2.59. The molecule has 1 fully saturated rings. The molecule has 0 N–H and O–H groups in total. The number of furan rings is 1. The second-order valence-corrected chi connectivity index (χ2v) is 6.73. The molecule has 144 valence electrons. The van der Waals surface area contributed by atoms with Crippen molar-refractivity contribution in [1.82, 2.24) is 15.0 Å². The van der Waals surface area contributed by atoms with Gasteiger partial charge in [-0.1, -0.05) is 12.1 Å². The van der Waals surface area contributed by atoms with Gasteiger partial charge in [0.25, 0.3) is 0 Å². The van der Waals surface area contributed by atoms with Crippen molar-refractivity contribution in [3.05, 3.63) is 42.6 Å². The van der Waals surface area contributed by atoms with E-state index in [4.69, 9.17) is 23.9 Å². The fraction of sp³-hybridized carbons (Fsp3) is 0.200. The third kappa shape index (κ3) is 3.29. The number of morpholine rings is 1. The number of aromatic nitrogens is 3. The Hall–Kier alpha value is -3.46. The molecule has 0 radical (unpaired) electrons. The Balaban J connectivity index is 1.71. The molecule has 8 nitrogen and oxygen atoms in total. The van der Waals surface area contributed by atoms with Crippen molar-refractivity contribution >= 4 is 41.7 Å². The standard InChI is InChI=1S/C20H17BN4O4/c21-20(26)28-13-4-1-3-12(11-13)17-23-15-14-5-2-6-22-19(14)29-16(15)18(24-17)25-7-9-27-10-8-25/h1-6,11H,7-10,21H2. The van der Waals surface area contributed by atoms with Gasteiger partial charge in [0.1, 0.15) is 11.3 Å². The van der Waals surface area contributed by atoms with E-state index in [1.165, 1.54) is 7.85 Å². The van der Waals surface area contributed by atoms with E-state index in [9.17, 15) is 4.79 Å². The molecular weight excluding hydrogens is 371 g/mol. The Bertz CT molecular complexity index is 1220. The van der Waals surface area contributed by atoms with Crippen LogP contribution in [0.3, 0.4) is 0 Å². The van der Waals surface area contributed by atoms with Gasteiger partial charge in [-0.3, -0.25) is 4.79 Å². The zero-order valence-electron chi connectivity index (χ0n) is 15.8. The monoisotopic (exact) mass is 388 g/mol. The molecule has 1 aromatic carbocycles. The molecule has 0 aliphatic carbocycles. The zero-order chi connectivity index (χ0) is 19.8. The Kier molecular flexibility index (Phi) is 4.36. The average molecular weight is 388 g/mol. The molecule has 0 bridgehead atoms. The summed E-state index contributed by atoms with van der Waals surface area (Å²) in [4.78, 5) is 27.3. The van der Waals surface area contributed by atoms with Crippen LogP contribution >= 0.6 is 0 Å². The summed E-state index contributed by atoms with van der Waals surface area (Å²) in [6.07, 6.45) is 1.69. The van der Waals surface area contributed by atoms with Crippen molar-refractivity contribution in [2.45, 2.75) is 0 Å². The summed E-state index contributed by atoms with van der Waals surface area (Å²) in [5, 5.41) is 0.830. The lowest BCUT2D eigenvalue weighted by molar-refractivity contribution is 0.122. The second kappa shape index (κ2) is 7.18. The third-order valence-corrected chi connectivity index (χ3v) is 4.74. The van der Waals surface area contributed by atoms with Gasteiger partial charge in [-0.2, -0.15) is 0 Å². The molecule has 1 aliphatic heterocycles. The summed E-state index contributed by atoms with van der Waals surface area (Å²) in [6.45, 7) is 2.68. The van der Waals surface area contributed by atoms with Crippen molar-refractivity contribution in [2.75, 3.05) is 31.2 Å². The van der Waals surface area contributed by atoms with Crippen LogP contribution in [-0.2, 0) is 4.74 Å². The van der Waals surface area contributed by atoms with Crippen LogP contribution in [0.25, 0.3) is 33.6 Å². The smallest absolute Gasteiger partial charge is 0.248 e. The van der Waals surface area contributed by atoms with Gasteiger partial charge in [-0.25, -0.2) is 15.0 Å². The number of hydrogen-bond acceptors (Lipinski definition) is 8. The van der Waals surface area contributed by atoms with Crippen molar-refractivity contribution in [1.29, 1.82) is 0 Å². The van der Waals surface area contributed by atoms with Crippen molar-refractivity contribution < 1.29 is 18.7 Å². The van der Waals surface area contributed by atoms with Gasteiger partial charge < -0.3 is 18.8 Å². The molecule has 4 aromatic rings. The topological polar surface area (TPSA) is 90.6 Å². The van der Waals surface area contributed by atoms with Crippen LogP contribution in [0.2, 0.25) is 0 Å².